The summed E-state index contributed by atoms with van der Waals surface area (Å²) in [6, 6.07) is 7.64. The molecule has 0 fully saturated rings. The van der Waals surface area contributed by atoms with Gasteiger partial charge < -0.3 is 9.80 Å². The SMILES string of the molecule is CCCN(CCC)C(=O)CCN(CCc1ccc(Cl)cc1)C(C)=O. The van der Waals surface area contributed by atoms with Crippen molar-refractivity contribution in [3.8, 4) is 0 Å². The second kappa shape index (κ2) is 11.1. The molecule has 0 saturated heterocycles. The van der Waals surface area contributed by atoms with Gasteiger partial charge in [0, 0.05) is 44.5 Å². The first-order chi connectivity index (χ1) is 11.5. The van der Waals surface area contributed by atoms with E-state index in [2.05, 4.69) is 13.8 Å². The van der Waals surface area contributed by atoms with Gasteiger partial charge in [-0.25, -0.2) is 0 Å². The van der Waals surface area contributed by atoms with Crippen molar-refractivity contribution in [1.29, 1.82) is 0 Å². The Hall–Kier alpha value is -1.55. The number of hydrogen-bond acceptors (Lipinski definition) is 2. The number of carbonyl (C=O) groups is 2. The molecule has 0 heterocycles. The quantitative estimate of drug-likeness (QED) is 0.643. The minimum atomic E-state index is 0.00861. The number of benzene rings is 1. The van der Waals surface area contributed by atoms with Gasteiger partial charge in [0.25, 0.3) is 0 Å². The molecule has 0 aromatic heterocycles. The summed E-state index contributed by atoms with van der Waals surface area (Å²) in [4.78, 5) is 27.8. The second-order valence-electron chi connectivity index (χ2n) is 6.01. The minimum Gasteiger partial charge on any atom is -0.343 e. The van der Waals surface area contributed by atoms with E-state index in [1.54, 1.807) is 11.8 Å². The van der Waals surface area contributed by atoms with Crippen LogP contribution in [-0.2, 0) is 16.0 Å². The highest BCUT2D eigenvalue weighted by atomic mass is 35.5. The summed E-state index contributed by atoms with van der Waals surface area (Å²) < 4.78 is 0. The van der Waals surface area contributed by atoms with Crippen molar-refractivity contribution in [2.75, 3.05) is 26.2 Å². The molecule has 1 aromatic rings. The Bertz CT molecular complexity index is 511. The number of halogens is 1. The second-order valence-corrected chi connectivity index (χ2v) is 6.45. The smallest absolute Gasteiger partial charge is 0.224 e. The van der Waals surface area contributed by atoms with Crippen LogP contribution >= 0.6 is 11.6 Å². The molecular weight excluding hydrogens is 324 g/mol. The molecule has 2 amide bonds. The molecule has 0 aliphatic rings. The summed E-state index contributed by atoms with van der Waals surface area (Å²) in [6.45, 7) is 8.38. The molecule has 0 spiro atoms. The van der Waals surface area contributed by atoms with Crippen LogP contribution in [0.1, 0.15) is 45.6 Å². The van der Waals surface area contributed by atoms with Gasteiger partial charge >= 0.3 is 0 Å². The molecule has 0 aliphatic heterocycles. The molecular formula is C19H29ClN2O2. The van der Waals surface area contributed by atoms with Crippen LogP contribution in [0.4, 0.5) is 0 Å². The van der Waals surface area contributed by atoms with Gasteiger partial charge in [0.15, 0.2) is 0 Å². The van der Waals surface area contributed by atoms with E-state index < -0.39 is 0 Å². The van der Waals surface area contributed by atoms with Gasteiger partial charge in [-0.2, -0.15) is 0 Å². The predicted molar refractivity (Wildman–Crippen MR) is 99.2 cm³/mol. The van der Waals surface area contributed by atoms with Crippen molar-refractivity contribution < 1.29 is 9.59 Å². The van der Waals surface area contributed by atoms with Crippen LogP contribution in [0.5, 0.6) is 0 Å². The van der Waals surface area contributed by atoms with Crippen molar-refractivity contribution in [2.24, 2.45) is 0 Å². The molecule has 0 N–H and O–H groups in total. The Labute approximate surface area is 150 Å². The fourth-order valence-corrected chi connectivity index (χ4v) is 2.76. The topological polar surface area (TPSA) is 40.6 Å². The third kappa shape index (κ3) is 7.35. The van der Waals surface area contributed by atoms with Crippen molar-refractivity contribution in [3.05, 3.63) is 34.9 Å². The molecule has 0 bridgehead atoms. The van der Waals surface area contributed by atoms with Crippen molar-refractivity contribution in [3.63, 3.8) is 0 Å². The van der Waals surface area contributed by atoms with Crippen molar-refractivity contribution >= 4 is 23.4 Å². The summed E-state index contributed by atoms with van der Waals surface area (Å²) in [6.07, 6.45) is 3.07. The molecule has 134 valence electrons. The van der Waals surface area contributed by atoms with Crippen LogP contribution in [0.15, 0.2) is 24.3 Å². The van der Waals surface area contributed by atoms with Crippen LogP contribution in [-0.4, -0.2) is 47.8 Å². The van der Waals surface area contributed by atoms with E-state index in [0.717, 1.165) is 37.9 Å². The van der Waals surface area contributed by atoms with Crippen LogP contribution in [0.3, 0.4) is 0 Å². The van der Waals surface area contributed by atoms with Crippen LogP contribution in [0.25, 0.3) is 0 Å². The van der Waals surface area contributed by atoms with Gasteiger partial charge in [-0.1, -0.05) is 37.6 Å². The van der Waals surface area contributed by atoms with E-state index >= 15 is 0 Å². The molecule has 0 atom stereocenters. The number of carbonyl (C=O) groups excluding carboxylic acids is 2. The highest BCUT2D eigenvalue weighted by molar-refractivity contribution is 6.30. The average Bonchev–Trinajstić information content (AvgIpc) is 2.55. The van der Waals surface area contributed by atoms with Crippen LogP contribution in [0, 0.1) is 0 Å². The van der Waals surface area contributed by atoms with Gasteiger partial charge in [0.05, 0.1) is 0 Å². The fourth-order valence-electron chi connectivity index (χ4n) is 2.63. The zero-order valence-corrected chi connectivity index (χ0v) is 15.8. The Morgan fingerprint density at radius 3 is 2.00 bits per heavy atom. The van der Waals surface area contributed by atoms with Crippen molar-refractivity contribution in [2.45, 2.75) is 46.5 Å². The number of rotatable bonds is 10. The lowest BCUT2D eigenvalue weighted by Gasteiger charge is -2.25. The third-order valence-corrected chi connectivity index (χ3v) is 4.22. The number of amides is 2. The normalized spacial score (nSPS) is 10.5. The molecule has 24 heavy (non-hydrogen) atoms. The summed E-state index contributed by atoms with van der Waals surface area (Å²) in [5.74, 6) is 0.144. The Balaban J connectivity index is 2.51. The number of nitrogens with zero attached hydrogens (tertiary/aromatic N) is 2. The van der Waals surface area contributed by atoms with Gasteiger partial charge in [-0.15, -0.1) is 0 Å². The first-order valence-electron chi connectivity index (χ1n) is 8.75. The lowest BCUT2D eigenvalue weighted by molar-refractivity contribution is -0.133. The lowest BCUT2D eigenvalue weighted by atomic mass is 10.1. The Morgan fingerprint density at radius 2 is 1.50 bits per heavy atom. The maximum absolute atomic E-state index is 12.3. The van der Waals surface area contributed by atoms with Crippen LogP contribution < -0.4 is 0 Å². The Morgan fingerprint density at radius 1 is 0.917 bits per heavy atom. The van der Waals surface area contributed by atoms with Gasteiger partial charge in [0.2, 0.25) is 11.8 Å². The Kier molecular flexibility index (Phi) is 9.46. The minimum absolute atomic E-state index is 0.00861. The highest BCUT2D eigenvalue weighted by Crippen LogP contribution is 2.11. The van der Waals surface area contributed by atoms with Gasteiger partial charge in [-0.05, 0) is 37.0 Å². The molecule has 1 rings (SSSR count). The largest absolute Gasteiger partial charge is 0.343 e. The van der Waals surface area contributed by atoms with Crippen molar-refractivity contribution in [1.82, 2.24) is 9.80 Å². The molecule has 0 radical (unpaired) electrons. The third-order valence-electron chi connectivity index (χ3n) is 3.96. The van der Waals surface area contributed by atoms with E-state index in [1.165, 1.54) is 0 Å². The van der Waals surface area contributed by atoms with E-state index in [4.69, 9.17) is 11.6 Å². The molecule has 0 saturated carbocycles. The standard InChI is InChI=1S/C19H29ClN2O2/c1-4-12-22(13-5-2)19(24)11-15-21(16(3)23)14-10-17-6-8-18(20)9-7-17/h6-9H,4-5,10-15H2,1-3H3. The van der Waals surface area contributed by atoms with Gasteiger partial charge in [0.1, 0.15) is 0 Å². The zero-order valence-electron chi connectivity index (χ0n) is 15.1. The van der Waals surface area contributed by atoms with E-state index in [9.17, 15) is 9.59 Å². The monoisotopic (exact) mass is 352 g/mol. The summed E-state index contributed by atoms with van der Waals surface area (Å²) in [5.41, 5.74) is 1.13. The molecule has 1 aromatic carbocycles. The van der Waals surface area contributed by atoms with E-state index in [0.29, 0.717) is 24.5 Å². The van der Waals surface area contributed by atoms with E-state index in [-0.39, 0.29) is 11.8 Å². The maximum atomic E-state index is 12.3. The predicted octanol–water partition coefficient (Wildman–Crippen LogP) is 3.77. The number of hydrogen-bond donors (Lipinski definition) is 0. The summed E-state index contributed by atoms with van der Waals surface area (Å²) >= 11 is 5.88. The first kappa shape index (κ1) is 20.5. The average molecular weight is 353 g/mol. The van der Waals surface area contributed by atoms with Crippen LogP contribution in [0.2, 0.25) is 5.02 Å². The fraction of sp³-hybridized carbons (Fsp3) is 0.579. The van der Waals surface area contributed by atoms with E-state index in [1.807, 2.05) is 29.2 Å². The molecule has 0 aliphatic carbocycles. The molecule has 4 nitrogen and oxygen atoms in total. The first-order valence-corrected chi connectivity index (χ1v) is 9.13. The zero-order chi connectivity index (χ0) is 17.9. The maximum Gasteiger partial charge on any atom is 0.224 e. The molecule has 5 heteroatoms. The molecule has 0 unspecified atom stereocenters. The summed E-state index contributed by atoms with van der Waals surface area (Å²) in [5, 5.41) is 0.708. The summed E-state index contributed by atoms with van der Waals surface area (Å²) in [7, 11) is 0. The lowest BCUT2D eigenvalue weighted by Crippen LogP contribution is -2.37. The highest BCUT2D eigenvalue weighted by Gasteiger charge is 2.15. The van der Waals surface area contributed by atoms with Gasteiger partial charge in [-0.3, -0.25) is 9.59 Å².